The van der Waals surface area contributed by atoms with Crippen molar-refractivity contribution in [3.63, 3.8) is 0 Å². The fourth-order valence-corrected chi connectivity index (χ4v) is 7.13. The number of oxazole rings is 1. The summed E-state index contributed by atoms with van der Waals surface area (Å²) in [5, 5.41) is 0. The first-order valence-corrected chi connectivity index (χ1v) is 14.7. The Hall–Kier alpha value is -4.01. The van der Waals surface area contributed by atoms with Crippen LogP contribution in [0.15, 0.2) is 101 Å². The normalized spacial score (nSPS) is 17.2. The molecule has 1 aliphatic rings. The first kappa shape index (κ1) is 26.2. The summed E-state index contributed by atoms with van der Waals surface area (Å²) in [6, 6.07) is 25.1. The second-order valence-corrected chi connectivity index (χ2v) is 12.6. The van der Waals surface area contributed by atoms with Crippen molar-refractivity contribution in [3.05, 3.63) is 97.1 Å². The van der Waals surface area contributed by atoms with Gasteiger partial charge in [-0.2, -0.15) is 4.31 Å². The van der Waals surface area contributed by atoms with Crippen molar-refractivity contribution in [2.24, 2.45) is 5.92 Å². The number of para-hydroxylation sites is 2. The molecule has 1 atom stereocenters. The summed E-state index contributed by atoms with van der Waals surface area (Å²) in [5.41, 5.74) is 5.69. The fraction of sp³-hybridized carbons (Fsp3) is 0.219. The molecular weight excluding hydrogens is 525 g/mol. The van der Waals surface area contributed by atoms with E-state index in [1.165, 1.54) is 22.8 Å². The third-order valence-corrected chi connectivity index (χ3v) is 9.51. The second-order valence-electron chi connectivity index (χ2n) is 10.6. The van der Waals surface area contributed by atoms with E-state index in [4.69, 9.17) is 4.42 Å². The molecule has 0 saturated carbocycles. The SMILES string of the molecule is CC(C)C[C@@H]1CN(c2ccccc2)c2cc(-c3cccc4ncoc34)c(-c3ccc(F)cc3)cc2S(=O)(=O)N1C. The van der Waals surface area contributed by atoms with Crippen LogP contribution < -0.4 is 4.90 Å². The molecule has 0 unspecified atom stereocenters. The van der Waals surface area contributed by atoms with Crippen molar-refractivity contribution < 1.29 is 17.2 Å². The van der Waals surface area contributed by atoms with Crippen molar-refractivity contribution in [1.29, 1.82) is 0 Å². The molecule has 0 amide bonds. The highest BCUT2D eigenvalue weighted by molar-refractivity contribution is 7.89. The van der Waals surface area contributed by atoms with Crippen LogP contribution in [0.1, 0.15) is 20.3 Å². The van der Waals surface area contributed by atoms with E-state index in [0.29, 0.717) is 46.8 Å². The number of likely N-dealkylation sites (N-methyl/N-ethyl adjacent to an activating group) is 1. The summed E-state index contributed by atoms with van der Waals surface area (Å²) >= 11 is 0. The lowest BCUT2D eigenvalue weighted by molar-refractivity contribution is 0.326. The van der Waals surface area contributed by atoms with Crippen LogP contribution in [0.5, 0.6) is 0 Å². The van der Waals surface area contributed by atoms with Gasteiger partial charge in [-0.05, 0) is 71.5 Å². The van der Waals surface area contributed by atoms with Crippen LogP contribution in [-0.4, -0.2) is 37.3 Å². The zero-order valence-electron chi connectivity index (χ0n) is 22.6. The van der Waals surface area contributed by atoms with Crippen molar-refractivity contribution in [1.82, 2.24) is 9.29 Å². The standard InChI is InChI=1S/C32H30FN3O3S/c1-21(2)16-25-19-36(24-8-5-4-6-9-24)30-17-28(26-10-7-11-29-32(26)39-20-34-29)27(22-12-14-23(33)15-13-22)18-31(30)40(37,38)35(25)3/h4-15,17-18,20-21,25H,16,19H2,1-3H3/t25-/m1/s1. The number of hydrogen-bond donors (Lipinski definition) is 0. The van der Waals surface area contributed by atoms with E-state index < -0.39 is 10.0 Å². The molecule has 204 valence electrons. The Kier molecular flexibility index (Phi) is 6.68. The quantitative estimate of drug-likeness (QED) is 0.225. The average Bonchev–Trinajstić information content (AvgIpc) is 3.42. The molecule has 6 rings (SSSR count). The number of rotatable bonds is 5. The number of aromatic nitrogens is 1. The van der Waals surface area contributed by atoms with Gasteiger partial charge in [0.05, 0.1) is 5.69 Å². The van der Waals surface area contributed by atoms with E-state index in [-0.39, 0.29) is 16.8 Å². The largest absolute Gasteiger partial charge is 0.443 e. The highest BCUT2D eigenvalue weighted by Gasteiger charge is 2.38. The number of halogens is 1. The van der Waals surface area contributed by atoms with Gasteiger partial charge in [0.25, 0.3) is 0 Å². The van der Waals surface area contributed by atoms with Crippen LogP contribution in [0.3, 0.4) is 0 Å². The molecule has 0 saturated heterocycles. The van der Waals surface area contributed by atoms with Gasteiger partial charge in [0.15, 0.2) is 12.0 Å². The zero-order chi connectivity index (χ0) is 28.0. The lowest BCUT2D eigenvalue weighted by Gasteiger charge is -2.30. The molecule has 0 bridgehead atoms. The number of benzene rings is 4. The molecule has 8 heteroatoms. The predicted octanol–water partition coefficient (Wildman–Crippen LogP) is 7.49. The summed E-state index contributed by atoms with van der Waals surface area (Å²) < 4.78 is 49.8. The summed E-state index contributed by atoms with van der Waals surface area (Å²) in [4.78, 5) is 6.63. The number of hydrogen-bond acceptors (Lipinski definition) is 5. The smallest absolute Gasteiger partial charge is 0.245 e. The Balaban J connectivity index is 1.69. The molecule has 4 aromatic carbocycles. The van der Waals surface area contributed by atoms with E-state index in [0.717, 1.165) is 16.8 Å². The van der Waals surface area contributed by atoms with Crippen molar-refractivity contribution in [2.45, 2.75) is 31.2 Å². The van der Waals surface area contributed by atoms with Crippen LogP contribution >= 0.6 is 0 Å². The van der Waals surface area contributed by atoms with Gasteiger partial charge in [-0.15, -0.1) is 0 Å². The molecule has 1 aromatic heterocycles. The zero-order valence-corrected chi connectivity index (χ0v) is 23.4. The van der Waals surface area contributed by atoms with Crippen LogP contribution in [0, 0.1) is 11.7 Å². The lowest BCUT2D eigenvalue weighted by atomic mass is 9.93. The Labute approximate surface area is 233 Å². The minimum Gasteiger partial charge on any atom is -0.443 e. The molecular formula is C32H30FN3O3S. The van der Waals surface area contributed by atoms with Crippen molar-refractivity contribution in [3.8, 4) is 22.3 Å². The summed E-state index contributed by atoms with van der Waals surface area (Å²) in [7, 11) is -2.21. The highest BCUT2D eigenvalue weighted by atomic mass is 32.2. The summed E-state index contributed by atoms with van der Waals surface area (Å²) in [6.07, 6.45) is 2.11. The van der Waals surface area contributed by atoms with Crippen LogP contribution in [0.4, 0.5) is 15.8 Å². The van der Waals surface area contributed by atoms with E-state index in [2.05, 4.69) is 23.7 Å². The maximum Gasteiger partial charge on any atom is 0.245 e. The highest BCUT2D eigenvalue weighted by Crippen LogP contribution is 2.45. The first-order valence-electron chi connectivity index (χ1n) is 13.3. The van der Waals surface area contributed by atoms with Crippen molar-refractivity contribution in [2.75, 3.05) is 18.5 Å². The van der Waals surface area contributed by atoms with Gasteiger partial charge in [0.1, 0.15) is 16.2 Å². The number of nitrogens with zero attached hydrogens (tertiary/aromatic N) is 3. The fourth-order valence-electron chi connectivity index (χ4n) is 5.57. The molecule has 5 aromatic rings. The van der Waals surface area contributed by atoms with Gasteiger partial charge in [-0.25, -0.2) is 17.8 Å². The lowest BCUT2D eigenvalue weighted by Crippen LogP contribution is -2.41. The van der Waals surface area contributed by atoms with E-state index >= 15 is 0 Å². The molecule has 0 aliphatic carbocycles. The molecule has 6 nitrogen and oxygen atoms in total. The van der Waals surface area contributed by atoms with Gasteiger partial charge in [-0.1, -0.05) is 56.3 Å². The second kappa shape index (κ2) is 10.2. The molecule has 0 N–H and O–H groups in total. The minimum absolute atomic E-state index is 0.206. The van der Waals surface area contributed by atoms with Gasteiger partial charge < -0.3 is 9.32 Å². The maximum atomic E-state index is 14.3. The number of anilines is 2. The van der Waals surface area contributed by atoms with Gasteiger partial charge in [-0.3, -0.25) is 0 Å². The van der Waals surface area contributed by atoms with Gasteiger partial charge >= 0.3 is 0 Å². The van der Waals surface area contributed by atoms with Crippen LogP contribution in [-0.2, 0) is 10.0 Å². The summed E-state index contributed by atoms with van der Waals surface area (Å²) in [5.74, 6) is -0.0626. The van der Waals surface area contributed by atoms with E-state index in [1.807, 2.05) is 54.6 Å². The third kappa shape index (κ3) is 4.57. The number of fused-ring (bicyclic) bond motifs is 2. The third-order valence-electron chi connectivity index (χ3n) is 7.57. The average molecular weight is 556 g/mol. The Morgan fingerprint density at radius 2 is 1.70 bits per heavy atom. The van der Waals surface area contributed by atoms with Crippen LogP contribution in [0.25, 0.3) is 33.4 Å². The Morgan fingerprint density at radius 3 is 2.42 bits per heavy atom. The molecule has 0 spiro atoms. The molecule has 0 fully saturated rings. The monoisotopic (exact) mass is 555 g/mol. The van der Waals surface area contributed by atoms with E-state index in [9.17, 15) is 12.8 Å². The topological polar surface area (TPSA) is 66.7 Å². The van der Waals surface area contributed by atoms with Crippen molar-refractivity contribution >= 4 is 32.5 Å². The Bertz CT molecular complexity index is 1780. The summed E-state index contributed by atoms with van der Waals surface area (Å²) in [6.45, 7) is 4.70. The molecule has 2 heterocycles. The minimum atomic E-state index is -3.88. The van der Waals surface area contributed by atoms with Gasteiger partial charge in [0.2, 0.25) is 10.0 Å². The van der Waals surface area contributed by atoms with E-state index in [1.54, 1.807) is 25.2 Å². The first-order chi connectivity index (χ1) is 19.2. The maximum absolute atomic E-state index is 14.3. The Morgan fingerprint density at radius 1 is 0.950 bits per heavy atom. The van der Waals surface area contributed by atoms with Gasteiger partial charge in [0, 0.05) is 30.9 Å². The molecule has 0 radical (unpaired) electrons. The predicted molar refractivity (Wildman–Crippen MR) is 156 cm³/mol. The molecule has 40 heavy (non-hydrogen) atoms. The number of sulfonamides is 1. The molecule has 1 aliphatic heterocycles. The van der Waals surface area contributed by atoms with Crippen LogP contribution in [0.2, 0.25) is 0 Å².